The van der Waals surface area contributed by atoms with E-state index in [9.17, 15) is 8.42 Å². The Labute approximate surface area is 123 Å². The Kier molecular flexibility index (Phi) is 4.81. The summed E-state index contributed by atoms with van der Waals surface area (Å²) in [7, 11) is -3.43. The molecule has 0 bridgehead atoms. The zero-order valence-corrected chi connectivity index (χ0v) is 13.5. The predicted molar refractivity (Wildman–Crippen MR) is 78.5 cm³/mol. The van der Waals surface area contributed by atoms with E-state index in [1.54, 1.807) is 34.6 Å². The van der Waals surface area contributed by atoms with Crippen molar-refractivity contribution in [3.63, 3.8) is 0 Å². The van der Waals surface area contributed by atoms with Crippen LogP contribution < -0.4 is 0 Å². The Balaban J connectivity index is 2.39. The summed E-state index contributed by atoms with van der Waals surface area (Å²) in [6.45, 7) is 5.21. The molecule has 5 nitrogen and oxygen atoms in total. The molecule has 0 unspecified atom stereocenters. The molecule has 0 aromatic carbocycles. The minimum absolute atomic E-state index is 0.351. The standard InChI is InChI=1S/C11H18ClN3O2S2/c1-9-11(10(2)15(13-9)4-3-12)19(16,17)14-5-7-18-8-6-14/h3-8H2,1-2H3. The summed E-state index contributed by atoms with van der Waals surface area (Å²) in [5, 5.41) is 4.28. The first kappa shape index (κ1) is 15.2. The Hall–Kier alpha value is -0.240. The molecule has 0 spiro atoms. The lowest BCUT2D eigenvalue weighted by atomic mass is 10.4. The van der Waals surface area contributed by atoms with E-state index in [4.69, 9.17) is 11.6 Å². The van der Waals surface area contributed by atoms with Crippen molar-refractivity contribution < 1.29 is 8.42 Å². The maximum absolute atomic E-state index is 12.7. The van der Waals surface area contributed by atoms with Crippen molar-refractivity contribution in [2.24, 2.45) is 0 Å². The SMILES string of the molecule is Cc1nn(CCCl)c(C)c1S(=O)(=O)N1CCSCC1. The molecule has 0 N–H and O–H groups in total. The molecule has 1 aromatic rings. The molecule has 0 aliphatic carbocycles. The Morgan fingerprint density at radius 1 is 1.32 bits per heavy atom. The number of hydrogen-bond acceptors (Lipinski definition) is 4. The number of sulfonamides is 1. The highest BCUT2D eigenvalue weighted by Gasteiger charge is 2.31. The molecule has 1 aromatic heterocycles. The van der Waals surface area contributed by atoms with Gasteiger partial charge in [-0.25, -0.2) is 8.42 Å². The molecule has 2 rings (SSSR count). The summed E-state index contributed by atoms with van der Waals surface area (Å²) < 4.78 is 28.6. The van der Waals surface area contributed by atoms with Gasteiger partial charge in [-0.05, 0) is 13.8 Å². The minimum atomic E-state index is -3.43. The molecule has 108 valence electrons. The van der Waals surface area contributed by atoms with Crippen LogP contribution in [0.25, 0.3) is 0 Å². The van der Waals surface area contributed by atoms with Gasteiger partial charge in [0, 0.05) is 30.5 Å². The van der Waals surface area contributed by atoms with Crippen LogP contribution >= 0.6 is 23.4 Å². The summed E-state index contributed by atoms with van der Waals surface area (Å²) in [6, 6.07) is 0. The predicted octanol–water partition coefficient (Wildman–Crippen LogP) is 1.48. The van der Waals surface area contributed by atoms with Gasteiger partial charge in [0.2, 0.25) is 10.0 Å². The highest BCUT2D eigenvalue weighted by molar-refractivity contribution is 7.99. The second-order valence-corrected chi connectivity index (χ2v) is 7.91. The largest absolute Gasteiger partial charge is 0.267 e. The molecule has 0 atom stereocenters. The van der Waals surface area contributed by atoms with E-state index >= 15 is 0 Å². The lowest BCUT2D eigenvalue weighted by Crippen LogP contribution is -2.38. The molecule has 1 aliphatic heterocycles. The molecule has 1 saturated heterocycles. The average Bonchev–Trinajstić information content (AvgIpc) is 2.66. The first-order chi connectivity index (χ1) is 8.98. The van der Waals surface area contributed by atoms with E-state index in [1.165, 1.54) is 0 Å². The molecule has 0 saturated carbocycles. The molecular weight excluding hydrogens is 306 g/mol. The van der Waals surface area contributed by atoms with Crippen LogP contribution in [0.1, 0.15) is 11.4 Å². The van der Waals surface area contributed by atoms with Crippen molar-refractivity contribution >= 4 is 33.4 Å². The van der Waals surface area contributed by atoms with Crippen molar-refractivity contribution in [3.05, 3.63) is 11.4 Å². The van der Waals surface area contributed by atoms with Crippen LogP contribution in [0.2, 0.25) is 0 Å². The van der Waals surface area contributed by atoms with Gasteiger partial charge in [0.05, 0.1) is 17.9 Å². The fourth-order valence-electron chi connectivity index (χ4n) is 2.27. The topological polar surface area (TPSA) is 55.2 Å². The van der Waals surface area contributed by atoms with Crippen molar-refractivity contribution in [1.29, 1.82) is 0 Å². The van der Waals surface area contributed by atoms with Crippen LogP contribution in [0, 0.1) is 13.8 Å². The van der Waals surface area contributed by atoms with Crippen LogP contribution in [0.4, 0.5) is 0 Å². The van der Waals surface area contributed by atoms with Gasteiger partial charge < -0.3 is 0 Å². The second-order valence-electron chi connectivity index (χ2n) is 4.43. The molecule has 1 fully saturated rings. The number of aromatic nitrogens is 2. The van der Waals surface area contributed by atoms with Crippen LogP contribution in [0.15, 0.2) is 4.90 Å². The molecule has 19 heavy (non-hydrogen) atoms. The summed E-state index contributed by atoms with van der Waals surface area (Å²) in [5.74, 6) is 2.13. The summed E-state index contributed by atoms with van der Waals surface area (Å²) >= 11 is 7.50. The first-order valence-corrected chi connectivity index (χ1v) is 9.29. The van der Waals surface area contributed by atoms with E-state index in [1.807, 2.05) is 0 Å². The Morgan fingerprint density at radius 2 is 1.95 bits per heavy atom. The zero-order valence-electron chi connectivity index (χ0n) is 11.1. The van der Waals surface area contributed by atoms with Crippen LogP contribution in [-0.2, 0) is 16.6 Å². The maximum Gasteiger partial charge on any atom is 0.246 e. The Bertz CT molecular complexity index is 551. The van der Waals surface area contributed by atoms with Gasteiger partial charge in [0.1, 0.15) is 4.90 Å². The van der Waals surface area contributed by atoms with Crippen molar-refractivity contribution in [1.82, 2.24) is 14.1 Å². The summed E-state index contributed by atoms with van der Waals surface area (Å²) in [6.07, 6.45) is 0. The number of rotatable bonds is 4. The third kappa shape index (κ3) is 2.94. The summed E-state index contributed by atoms with van der Waals surface area (Å²) in [4.78, 5) is 0.351. The van der Waals surface area contributed by atoms with Gasteiger partial charge in [0.25, 0.3) is 0 Å². The van der Waals surface area contributed by atoms with Gasteiger partial charge in [-0.15, -0.1) is 11.6 Å². The van der Waals surface area contributed by atoms with Crippen LogP contribution in [-0.4, -0.2) is 53.0 Å². The van der Waals surface area contributed by atoms with Gasteiger partial charge in [-0.1, -0.05) is 0 Å². The number of aryl methyl sites for hydroxylation is 2. The number of halogens is 1. The molecule has 0 radical (unpaired) electrons. The van der Waals surface area contributed by atoms with E-state index < -0.39 is 10.0 Å². The molecule has 8 heteroatoms. The lowest BCUT2D eigenvalue weighted by molar-refractivity contribution is 0.442. The highest BCUT2D eigenvalue weighted by atomic mass is 35.5. The maximum atomic E-state index is 12.7. The Morgan fingerprint density at radius 3 is 2.53 bits per heavy atom. The number of nitrogens with zero attached hydrogens (tertiary/aromatic N) is 3. The lowest BCUT2D eigenvalue weighted by Gasteiger charge is -2.25. The fraction of sp³-hybridized carbons (Fsp3) is 0.727. The van der Waals surface area contributed by atoms with Crippen molar-refractivity contribution in [2.45, 2.75) is 25.3 Å². The zero-order chi connectivity index (χ0) is 14.0. The third-order valence-electron chi connectivity index (χ3n) is 3.18. The monoisotopic (exact) mass is 323 g/mol. The van der Waals surface area contributed by atoms with Crippen molar-refractivity contribution in [2.75, 3.05) is 30.5 Å². The smallest absolute Gasteiger partial charge is 0.246 e. The van der Waals surface area contributed by atoms with E-state index in [-0.39, 0.29) is 0 Å². The number of alkyl halides is 1. The number of hydrogen-bond donors (Lipinski definition) is 0. The molecular formula is C11H18ClN3O2S2. The van der Waals surface area contributed by atoms with Gasteiger partial charge in [-0.3, -0.25) is 4.68 Å². The minimum Gasteiger partial charge on any atom is -0.267 e. The number of thioether (sulfide) groups is 1. The first-order valence-electron chi connectivity index (χ1n) is 6.16. The van der Waals surface area contributed by atoms with Crippen LogP contribution in [0.5, 0.6) is 0 Å². The third-order valence-corrected chi connectivity index (χ3v) is 6.44. The normalized spacial score (nSPS) is 17.8. The van der Waals surface area contributed by atoms with E-state index in [2.05, 4.69) is 5.10 Å². The van der Waals surface area contributed by atoms with E-state index in [0.717, 1.165) is 11.5 Å². The quantitative estimate of drug-likeness (QED) is 0.788. The molecule has 1 aliphatic rings. The molecule has 2 heterocycles. The van der Waals surface area contributed by atoms with Crippen LogP contribution in [0.3, 0.4) is 0 Å². The highest BCUT2D eigenvalue weighted by Crippen LogP contribution is 2.25. The average molecular weight is 324 g/mol. The van der Waals surface area contributed by atoms with Crippen molar-refractivity contribution in [3.8, 4) is 0 Å². The second kappa shape index (κ2) is 6.03. The van der Waals surface area contributed by atoms with E-state index in [0.29, 0.717) is 41.8 Å². The van der Waals surface area contributed by atoms with Gasteiger partial charge in [0.15, 0.2) is 0 Å². The molecule has 0 amide bonds. The van der Waals surface area contributed by atoms with Gasteiger partial charge >= 0.3 is 0 Å². The summed E-state index contributed by atoms with van der Waals surface area (Å²) in [5.41, 5.74) is 1.23. The fourth-order valence-corrected chi connectivity index (χ4v) is 5.38. The van der Waals surface area contributed by atoms with Gasteiger partial charge in [-0.2, -0.15) is 21.2 Å².